The molecule has 0 saturated heterocycles. The molecule has 0 fully saturated rings. The number of ether oxygens (including phenoxy) is 3. The summed E-state index contributed by atoms with van der Waals surface area (Å²) >= 11 is 0. The summed E-state index contributed by atoms with van der Waals surface area (Å²) in [5, 5.41) is 0. The van der Waals surface area contributed by atoms with Crippen molar-refractivity contribution in [2.45, 2.75) is 52.6 Å². The lowest BCUT2D eigenvalue weighted by molar-refractivity contribution is -0.257. The van der Waals surface area contributed by atoms with Gasteiger partial charge in [0.25, 0.3) is 0 Å². The SMILES string of the molecule is C=CCOC(=O)C(OC(C)C)(OC(C)C)C(C)=O. The molecule has 0 spiro atoms. The number of hydrogen-bond donors (Lipinski definition) is 0. The standard InChI is InChI=1S/C13H22O5/c1-7-8-16-12(15)13(11(6)14,17-9(2)3)18-10(4)5/h7,9-10H,1,8H2,2-6H3. The summed E-state index contributed by atoms with van der Waals surface area (Å²) < 4.78 is 15.7. The molecule has 0 N–H and O–H groups in total. The van der Waals surface area contributed by atoms with Crippen LogP contribution in [-0.4, -0.2) is 36.4 Å². The molecule has 0 aromatic heterocycles. The predicted octanol–water partition coefficient (Wildman–Crippen LogP) is 1.85. The first-order chi connectivity index (χ1) is 8.26. The minimum absolute atomic E-state index is 0.00320. The van der Waals surface area contributed by atoms with E-state index in [0.29, 0.717) is 0 Å². The fourth-order valence-corrected chi connectivity index (χ4v) is 1.33. The average molecular weight is 258 g/mol. The van der Waals surface area contributed by atoms with E-state index in [9.17, 15) is 9.59 Å². The molecule has 0 unspecified atom stereocenters. The third-order valence-corrected chi connectivity index (χ3v) is 1.87. The molecule has 0 atom stereocenters. The van der Waals surface area contributed by atoms with Crippen LogP contribution in [0.3, 0.4) is 0 Å². The van der Waals surface area contributed by atoms with Gasteiger partial charge in [0.15, 0.2) is 0 Å². The molecule has 0 bridgehead atoms. The molecule has 0 aliphatic rings. The molecule has 5 heteroatoms. The van der Waals surface area contributed by atoms with Crippen molar-refractivity contribution < 1.29 is 23.8 Å². The van der Waals surface area contributed by atoms with Crippen LogP contribution >= 0.6 is 0 Å². The maximum atomic E-state index is 12.0. The molecule has 0 saturated carbocycles. The second kappa shape index (κ2) is 7.28. The lowest BCUT2D eigenvalue weighted by atomic mass is 10.1. The van der Waals surface area contributed by atoms with Crippen LogP contribution in [0.5, 0.6) is 0 Å². The van der Waals surface area contributed by atoms with Gasteiger partial charge >= 0.3 is 11.8 Å². The molecule has 0 aliphatic carbocycles. The van der Waals surface area contributed by atoms with E-state index < -0.39 is 17.5 Å². The van der Waals surface area contributed by atoms with Crippen LogP contribution in [0.15, 0.2) is 12.7 Å². The van der Waals surface area contributed by atoms with Crippen molar-refractivity contribution in [3.05, 3.63) is 12.7 Å². The molecular weight excluding hydrogens is 236 g/mol. The molecule has 0 aromatic carbocycles. The van der Waals surface area contributed by atoms with Crippen molar-refractivity contribution in [2.75, 3.05) is 6.61 Å². The zero-order valence-corrected chi connectivity index (χ0v) is 11.7. The van der Waals surface area contributed by atoms with E-state index in [1.807, 2.05) is 0 Å². The van der Waals surface area contributed by atoms with Crippen LogP contribution in [0.2, 0.25) is 0 Å². The molecular formula is C13H22O5. The number of Topliss-reactive ketones (excluding diaryl/α,β-unsaturated/α-hetero) is 1. The Hall–Kier alpha value is -1.20. The Balaban J connectivity index is 5.23. The Morgan fingerprint density at radius 2 is 1.61 bits per heavy atom. The highest BCUT2D eigenvalue weighted by Gasteiger charge is 2.49. The van der Waals surface area contributed by atoms with Crippen LogP contribution in [0.25, 0.3) is 0 Å². The number of carbonyl (C=O) groups excluding carboxylic acids is 2. The second-order valence-corrected chi connectivity index (χ2v) is 4.39. The third-order valence-electron chi connectivity index (χ3n) is 1.87. The van der Waals surface area contributed by atoms with Gasteiger partial charge in [0.05, 0.1) is 12.2 Å². The Kier molecular flexibility index (Phi) is 6.80. The first-order valence-corrected chi connectivity index (χ1v) is 5.91. The Bertz CT molecular complexity index is 297. The number of rotatable bonds is 8. The molecule has 0 amide bonds. The van der Waals surface area contributed by atoms with E-state index in [1.165, 1.54) is 13.0 Å². The van der Waals surface area contributed by atoms with Gasteiger partial charge in [-0.3, -0.25) is 4.79 Å². The summed E-state index contributed by atoms with van der Waals surface area (Å²) in [7, 11) is 0. The molecule has 0 aliphatic heterocycles. The second-order valence-electron chi connectivity index (χ2n) is 4.39. The first-order valence-electron chi connectivity index (χ1n) is 5.91. The molecule has 0 radical (unpaired) electrons. The van der Waals surface area contributed by atoms with Gasteiger partial charge in [-0.1, -0.05) is 12.7 Å². The van der Waals surface area contributed by atoms with Crippen molar-refractivity contribution in [3.63, 3.8) is 0 Å². The van der Waals surface area contributed by atoms with Crippen molar-refractivity contribution in [3.8, 4) is 0 Å². The van der Waals surface area contributed by atoms with E-state index >= 15 is 0 Å². The minimum atomic E-state index is -1.99. The van der Waals surface area contributed by atoms with Crippen LogP contribution in [0.1, 0.15) is 34.6 Å². The summed E-state index contributed by atoms with van der Waals surface area (Å²) in [6.07, 6.45) is 0.695. The van der Waals surface area contributed by atoms with Gasteiger partial charge in [0.2, 0.25) is 5.78 Å². The van der Waals surface area contributed by atoms with E-state index in [1.54, 1.807) is 27.7 Å². The normalized spacial score (nSPS) is 11.7. The molecule has 18 heavy (non-hydrogen) atoms. The highest BCUT2D eigenvalue weighted by molar-refractivity contribution is 6.04. The predicted molar refractivity (Wildman–Crippen MR) is 67.0 cm³/mol. The Morgan fingerprint density at radius 1 is 1.17 bits per heavy atom. The van der Waals surface area contributed by atoms with Crippen molar-refractivity contribution in [1.82, 2.24) is 0 Å². The Morgan fingerprint density at radius 3 is 1.89 bits per heavy atom. The zero-order chi connectivity index (χ0) is 14.3. The first kappa shape index (κ1) is 16.8. The fraction of sp³-hybridized carbons (Fsp3) is 0.692. The summed E-state index contributed by atoms with van der Waals surface area (Å²) in [6.45, 7) is 11.5. The smallest absolute Gasteiger partial charge is 0.375 e. The van der Waals surface area contributed by atoms with Crippen molar-refractivity contribution in [1.29, 1.82) is 0 Å². The highest BCUT2D eigenvalue weighted by atomic mass is 16.7. The van der Waals surface area contributed by atoms with Crippen molar-refractivity contribution >= 4 is 11.8 Å². The maximum Gasteiger partial charge on any atom is 0.375 e. The van der Waals surface area contributed by atoms with Gasteiger partial charge in [-0.25, -0.2) is 4.79 Å². The van der Waals surface area contributed by atoms with Crippen LogP contribution in [0.4, 0.5) is 0 Å². The molecule has 0 aromatic rings. The quantitative estimate of drug-likeness (QED) is 0.288. The highest BCUT2D eigenvalue weighted by Crippen LogP contribution is 2.22. The molecule has 104 valence electrons. The fourth-order valence-electron chi connectivity index (χ4n) is 1.33. The molecule has 0 heterocycles. The minimum Gasteiger partial charge on any atom is -0.457 e. The van der Waals surface area contributed by atoms with E-state index in [0.717, 1.165) is 0 Å². The third kappa shape index (κ3) is 4.58. The van der Waals surface area contributed by atoms with E-state index in [2.05, 4.69) is 6.58 Å². The number of hydrogen-bond acceptors (Lipinski definition) is 5. The lowest BCUT2D eigenvalue weighted by Gasteiger charge is -2.32. The van der Waals surface area contributed by atoms with Gasteiger partial charge in [0.1, 0.15) is 6.61 Å². The van der Waals surface area contributed by atoms with Gasteiger partial charge in [0, 0.05) is 6.92 Å². The monoisotopic (exact) mass is 258 g/mol. The van der Waals surface area contributed by atoms with Gasteiger partial charge in [-0.15, -0.1) is 0 Å². The largest absolute Gasteiger partial charge is 0.457 e. The lowest BCUT2D eigenvalue weighted by Crippen LogP contribution is -2.54. The summed E-state index contributed by atoms with van der Waals surface area (Å²) in [5.41, 5.74) is 0. The van der Waals surface area contributed by atoms with Crippen LogP contribution < -0.4 is 0 Å². The number of ketones is 1. The van der Waals surface area contributed by atoms with Gasteiger partial charge in [-0.05, 0) is 27.7 Å². The van der Waals surface area contributed by atoms with Crippen LogP contribution in [0, 0.1) is 0 Å². The molecule has 5 nitrogen and oxygen atoms in total. The maximum absolute atomic E-state index is 12.0. The van der Waals surface area contributed by atoms with E-state index in [-0.39, 0.29) is 18.8 Å². The van der Waals surface area contributed by atoms with E-state index in [4.69, 9.17) is 14.2 Å². The molecule has 0 rings (SSSR count). The van der Waals surface area contributed by atoms with Gasteiger partial charge in [-0.2, -0.15) is 0 Å². The van der Waals surface area contributed by atoms with Crippen LogP contribution in [-0.2, 0) is 23.8 Å². The summed E-state index contributed by atoms with van der Waals surface area (Å²) in [5.74, 6) is -3.39. The summed E-state index contributed by atoms with van der Waals surface area (Å²) in [6, 6.07) is 0. The van der Waals surface area contributed by atoms with Crippen molar-refractivity contribution in [2.24, 2.45) is 0 Å². The Labute approximate surface area is 108 Å². The average Bonchev–Trinajstić information content (AvgIpc) is 2.22. The number of esters is 1. The summed E-state index contributed by atoms with van der Waals surface area (Å²) in [4.78, 5) is 23.8. The zero-order valence-electron chi connectivity index (χ0n) is 11.7. The number of carbonyl (C=O) groups is 2. The van der Waals surface area contributed by atoms with Gasteiger partial charge < -0.3 is 14.2 Å². The topological polar surface area (TPSA) is 61.8 Å².